The largest absolute Gasteiger partial charge is 0.310 e. The maximum atomic E-state index is 11.5. The van der Waals surface area contributed by atoms with E-state index in [0.717, 1.165) is 5.56 Å². The quantitative estimate of drug-likeness (QED) is 0.766. The molecule has 0 aliphatic rings. The van der Waals surface area contributed by atoms with E-state index in [1.165, 1.54) is 0 Å². The zero-order chi connectivity index (χ0) is 12.3. The highest BCUT2D eigenvalue weighted by molar-refractivity contribution is 6.32. The van der Waals surface area contributed by atoms with Crippen LogP contribution in [0.2, 0.25) is 5.02 Å². The lowest BCUT2D eigenvalue weighted by atomic mass is 10.1. The molecule has 0 aliphatic carbocycles. The van der Waals surface area contributed by atoms with Gasteiger partial charge >= 0.3 is 0 Å². The van der Waals surface area contributed by atoms with E-state index in [1.54, 1.807) is 19.1 Å². The van der Waals surface area contributed by atoms with Gasteiger partial charge in [-0.05, 0) is 31.5 Å². The molecule has 3 nitrogen and oxygen atoms in total. The summed E-state index contributed by atoms with van der Waals surface area (Å²) in [5.74, 6) is 0.599. The van der Waals surface area contributed by atoms with E-state index in [-0.39, 0.29) is 5.56 Å². The molecule has 0 saturated carbocycles. The first-order valence-electron chi connectivity index (χ1n) is 5.25. The van der Waals surface area contributed by atoms with Crippen LogP contribution in [0.5, 0.6) is 0 Å². The monoisotopic (exact) mass is 238 g/mol. The van der Waals surface area contributed by atoms with Gasteiger partial charge in [0.2, 0.25) is 0 Å². The second kappa shape index (κ2) is 5.12. The molecule has 1 aromatic carbocycles. The van der Waals surface area contributed by atoms with Gasteiger partial charge in [0.1, 0.15) is 5.82 Å². The zero-order valence-electron chi connectivity index (χ0n) is 9.89. The van der Waals surface area contributed by atoms with E-state index in [2.05, 4.69) is 9.97 Å². The molecule has 4 heteroatoms. The molecule has 0 atom stereocenters. The Morgan fingerprint density at radius 1 is 1.25 bits per heavy atom. The second-order valence-electron chi connectivity index (χ2n) is 3.27. The molecule has 0 saturated heterocycles. The fraction of sp³-hybridized carbons (Fsp3) is 0.333. The molecule has 0 spiro atoms. The number of aromatic nitrogens is 2. The van der Waals surface area contributed by atoms with Crippen molar-refractivity contribution in [3.63, 3.8) is 0 Å². The van der Waals surface area contributed by atoms with Crippen LogP contribution in [-0.2, 0) is 0 Å². The molecule has 1 heterocycles. The summed E-state index contributed by atoms with van der Waals surface area (Å²) in [6.45, 7) is 7.61. The van der Waals surface area contributed by atoms with Crippen LogP contribution in [-0.4, -0.2) is 9.97 Å². The summed E-state index contributed by atoms with van der Waals surface area (Å²) in [6, 6.07) is 3.47. The van der Waals surface area contributed by atoms with Gasteiger partial charge < -0.3 is 4.98 Å². The highest BCUT2D eigenvalue weighted by atomic mass is 35.5. The summed E-state index contributed by atoms with van der Waals surface area (Å²) >= 11 is 5.94. The minimum atomic E-state index is -0.118. The van der Waals surface area contributed by atoms with Gasteiger partial charge in [-0.25, -0.2) is 4.98 Å². The summed E-state index contributed by atoms with van der Waals surface area (Å²) in [5.41, 5.74) is 1.41. The summed E-state index contributed by atoms with van der Waals surface area (Å²) in [6.07, 6.45) is 0. The number of hydrogen-bond donors (Lipinski definition) is 1. The molecule has 1 N–H and O–H groups in total. The Balaban J connectivity index is 0.000000606. The number of benzene rings is 1. The van der Waals surface area contributed by atoms with E-state index in [0.29, 0.717) is 21.7 Å². The Kier molecular flexibility index (Phi) is 4.07. The third-order valence-electron chi connectivity index (χ3n) is 2.10. The molecule has 16 heavy (non-hydrogen) atoms. The molecule has 0 amide bonds. The lowest BCUT2D eigenvalue weighted by Crippen LogP contribution is -2.09. The average Bonchev–Trinajstić information content (AvgIpc) is 2.24. The summed E-state index contributed by atoms with van der Waals surface area (Å²) < 4.78 is 0. The standard InChI is InChI=1S/C10H9ClN2O.C2H6/c1-5-3-7-9(4-8(5)11)12-6(2)13-10(7)14;1-2/h3-4H,1-2H3,(H,12,13,14);1-2H3. The minimum absolute atomic E-state index is 0.118. The SMILES string of the molecule is CC.Cc1nc2cc(Cl)c(C)cc2c(=O)[nH]1. The highest BCUT2D eigenvalue weighted by Gasteiger charge is 2.04. The first-order valence-corrected chi connectivity index (χ1v) is 5.62. The summed E-state index contributed by atoms with van der Waals surface area (Å²) in [5, 5.41) is 1.22. The maximum absolute atomic E-state index is 11.5. The number of fused-ring (bicyclic) bond motifs is 1. The third-order valence-corrected chi connectivity index (χ3v) is 2.51. The number of hydrogen-bond acceptors (Lipinski definition) is 2. The average molecular weight is 239 g/mol. The number of halogens is 1. The predicted molar refractivity (Wildman–Crippen MR) is 68.2 cm³/mol. The fourth-order valence-corrected chi connectivity index (χ4v) is 1.54. The number of aromatic amines is 1. The Hall–Kier alpha value is -1.35. The van der Waals surface area contributed by atoms with Crippen molar-refractivity contribution in [2.24, 2.45) is 0 Å². The molecular weight excluding hydrogens is 224 g/mol. The molecule has 2 rings (SSSR count). The van der Waals surface area contributed by atoms with Gasteiger partial charge in [0, 0.05) is 5.02 Å². The minimum Gasteiger partial charge on any atom is -0.310 e. The Morgan fingerprint density at radius 2 is 1.88 bits per heavy atom. The Morgan fingerprint density at radius 3 is 2.50 bits per heavy atom. The molecule has 0 unspecified atom stereocenters. The third kappa shape index (κ3) is 2.42. The number of nitrogens with zero attached hydrogens (tertiary/aromatic N) is 1. The summed E-state index contributed by atoms with van der Waals surface area (Å²) in [4.78, 5) is 18.4. The lowest BCUT2D eigenvalue weighted by molar-refractivity contribution is 1.06. The first kappa shape index (κ1) is 12.7. The van der Waals surface area contributed by atoms with Crippen LogP contribution in [0.25, 0.3) is 10.9 Å². The van der Waals surface area contributed by atoms with Gasteiger partial charge in [-0.1, -0.05) is 25.4 Å². The van der Waals surface area contributed by atoms with E-state index < -0.39 is 0 Å². The topological polar surface area (TPSA) is 45.8 Å². The highest BCUT2D eigenvalue weighted by Crippen LogP contribution is 2.19. The number of aryl methyl sites for hydroxylation is 2. The zero-order valence-corrected chi connectivity index (χ0v) is 10.6. The van der Waals surface area contributed by atoms with E-state index in [1.807, 2.05) is 20.8 Å². The van der Waals surface area contributed by atoms with Crippen LogP contribution in [0.3, 0.4) is 0 Å². The van der Waals surface area contributed by atoms with Gasteiger partial charge in [0.15, 0.2) is 0 Å². The van der Waals surface area contributed by atoms with Crippen molar-refractivity contribution in [2.75, 3.05) is 0 Å². The predicted octanol–water partition coefficient (Wildman–Crippen LogP) is 3.22. The van der Waals surface area contributed by atoms with Crippen LogP contribution in [0.4, 0.5) is 0 Å². The van der Waals surface area contributed by atoms with Gasteiger partial charge in [-0.15, -0.1) is 0 Å². The van der Waals surface area contributed by atoms with Crippen molar-refractivity contribution < 1.29 is 0 Å². The normalized spacial score (nSPS) is 9.81. The van der Waals surface area contributed by atoms with E-state index >= 15 is 0 Å². The maximum Gasteiger partial charge on any atom is 0.258 e. The van der Waals surface area contributed by atoms with Crippen molar-refractivity contribution in [1.29, 1.82) is 0 Å². The van der Waals surface area contributed by atoms with Crippen LogP contribution >= 0.6 is 11.6 Å². The molecule has 0 aliphatic heterocycles. The molecular formula is C12H15ClN2O. The van der Waals surface area contributed by atoms with Crippen molar-refractivity contribution >= 4 is 22.5 Å². The van der Waals surface area contributed by atoms with Gasteiger partial charge in [0.05, 0.1) is 10.9 Å². The smallest absolute Gasteiger partial charge is 0.258 e. The molecule has 0 bridgehead atoms. The van der Waals surface area contributed by atoms with Crippen LogP contribution in [0.1, 0.15) is 25.2 Å². The molecule has 1 aromatic heterocycles. The number of H-pyrrole nitrogens is 1. The van der Waals surface area contributed by atoms with Crippen LogP contribution < -0.4 is 5.56 Å². The lowest BCUT2D eigenvalue weighted by Gasteiger charge is -2.01. The molecule has 0 fully saturated rings. The summed E-state index contributed by atoms with van der Waals surface area (Å²) in [7, 11) is 0. The van der Waals surface area contributed by atoms with Crippen LogP contribution in [0.15, 0.2) is 16.9 Å². The fourth-order valence-electron chi connectivity index (χ4n) is 1.39. The first-order chi connectivity index (χ1) is 7.58. The second-order valence-corrected chi connectivity index (χ2v) is 3.68. The Labute approximate surface area is 99.5 Å². The van der Waals surface area contributed by atoms with Crippen molar-refractivity contribution in [3.8, 4) is 0 Å². The molecule has 2 aromatic rings. The van der Waals surface area contributed by atoms with Crippen molar-refractivity contribution in [2.45, 2.75) is 27.7 Å². The van der Waals surface area contributed by atoms with Gasteiger partial charge in [0.25, 0.3) is 5.56 Å². The van der Waals surface area contributed by atoms with E-state index in [4.69, 9.17) is 11.6 Å². The van der Waals surface area contributed by atoms with Gasteiger partial charge in [-0.3, -0.25) is 4.79 Å². The number of rotatable bonds is 0. The number of nitrogens with one attached hydrogen (secondary N) is 1. The Bertz CT molecular complexity index is 561. The van der Waals surface area contributed by atoms with Crippen molar-refractivity contribution in [1.82, 2.24) is 9.97 Å². The molecule has 86 valence electrons. The van der Waals surface area contributed by atoms with Gasteiger partial charge in [-0.2, -0.15) is 0 Å². The van der Waals surface area contributed by atoms with Crippen molar-refractivity contribution in [3.05, 3.63) is 38.9 Å². The van der Waals surface area contributed by atoms with Crippen LogP contribution in [0, 0.1) is 13.8 Å². The molecule has 0 radical (unpaired) electrons. The van der Waals surface area contributed by atoms with E-state index in [9.17, 15) is 4.79 Å².